The highest BCUT2D eigenvalue weighted by atomic mass is 32.2. The molecular formula is C22H29N3O4S. The van der Waals surface area contributed by atoms with Gasteiger partial charge in [0.25, 0.3) is 5.91 Å². The average molecular weight is 432 g/mol. The molecule has 0 bridgehead atoms. The van der Waals surface area contributed by atoms with Crippen LogP contribution in [0.25, 0.3) is 0 Å². The molecule has 1 aromatic carbocycles. The zero-order valence-electron chi connectivity index (χ0n) is 17.9. The minimum absolute atomic E-state index is 0.0309. The maximum Gasteiger partial charge on any atom is 0.253 e. The van der Waals surface area contributed by atoms with Gasteiger partial charge in [-0.05, 0) is 48.6 Å². The molecule has 8 heteroatoms. The van der Waals surface area contributed by atoms with E-state index in [1.165, 1.54) is 22.4 Å². The number of carbonyl (C=O) groups is 1. The van der Waals surface area contributed by atoms with E-state index in [-0.39, 0.29) is 28.4 Å². The second-order valence-corrected chi connectivity index (χ2v) is 10.0. The van der Waals surface area contributed by atoms with Gasteiger partial charge in [-0.1, -0.05) is 19.9 Å². The first-order valence-corrected chi connectivity index (χ1v) is 11.5. The molecule has 162 valence electrons. The van der Waals surface area contributed by atoms with Crippen molar-refractivity contribution in [3.8, 4) is 5.75 Å². The minimum Gasteiger partial charge on any atom is -0.495 e. The zero-order valence-corrected chi connectivity index (χ0v) is 18.7. The molecule has 1 aliphatic rings. The van der Waals surface area contributed by atoms with E-state index in [1.54, 1.807) is 25.4 Å². The fourth-order valence-electron chi connectivity index (χ4n) is 3.98. The van der Waals surface area contributed by atoms with E-state index in [0.29, 0.717) is 25.2 Å². The Morgan fingerprint density at radius 2 is 1.90 bits per heavy atom. The molecule has 0 spiro atoms. The monoisotopic (exact) mass is 431 g/mol. The molecule has 7 nitrogen and oxygen atoms in total. The maximum absolute atomic E-state index is 13.4. The number of piperidine rings is 1. The molecule has 0 saturated carbocycles. The number of hydrogen-bond acceptors (Lipinski definition) is 5. The summed E-state index contributed by atoms with van der Waals surface area (Å²) in [5, 5.41) is 0. The van der Waals surface area contributed by atoms with Gasteiger partial charge in [0.1, 0.15) is 10.6 Å². The Kier molecular flexibility index (Phi) is 6.77. The average Bonchev–Trinajstić information content (AvgIpc) is 2.72. The summed E-state index contributed by atoms with van der Waals surface area (Å²) in [6.07, 6.45) is 2.67. The molecule has 1 saturated heterocycles. The van der Waals surface area contributed by atoms with Crippen LogP contribution >= 0.6 is 0 Å². The lowest BCUT2D eigenvalue weighted by Gasteiger charge is -2.34. The summed E-state index contributed by atoms with van der Waals surface area (Å²) >= 11 is 0. The molecule has 2 aromatic rings. The summed E-state index contributed by atoms with van der Waals surface area (Å²) in [5.74, 6) is 0.526. The van der Waals surface area contributed by atoms with E-state index in [2.05, 4.69) is 18.8 Å². The highest BCUT2D eigenvalue weighted by Crippen LogP contribution is 2.32. The molecule has 2 heterocycles. The lowest BCUT2D eigenvalue weighted by molar-refractivity contribution is 0.0783. The van der Waals surface area contributed by atoms with Crippen molar-refractivity contribution in [2.45, 2.75) is 31.7 Å². The van der Waals surface area contributed by atoms with Gasteiger partial charge in [-0.25, -0.2) is 8.42 Å². The molecule has 3 rings (SSSR count). The van der Waals surface area contributed by atoms with Crippen LogP contribution < -0.4 is 4.74 Å². The number of rotatable bonds is 6. The topological polar surface area (TPSA) is 79.8 Å². The van der Waals surface area contributed by atoms with Crippen molar-refractivity contribution in [3.05, 3.63) is 53.9 Å². The maximum atomic E-state index is 13.4. The SMILES string of the molecule is COc1ccc(C(=O)N(C)Cc2ccccn2)cc1S(=O)(=O)N1CC(C)CC(C)C1. The molecule has 2 unspecified atom stereocenters. The molecule has 1 fully saturated rings. The third-order valence-corrected chi connectivity index (χ3v) is 7.19. The van der Waals surface area contributed by atoms with Crippen LogP contribution in [0.1, 0.15) is 36.3 Å². The molecule has 0 radical (unpaired) electrons. The lowest BCUT2D eigenvalue weighted by atomic mass is 9.94. The van der Waals surface area contributed by atoms with Crippen LogP contribution in [0.3, 0.4) is 0 Å². The predicted octanol–water partition coefficient (Wildman–Crippen LogP) is 3.03. The molecule has 0 N–H and O–H groups in total. The molecule has 1 aliphatic heterocycles. The van der Waals surface area contributed by atoms with Gasteiger partial charge < -0.3 is 9.64 Å². The van der Waals surface area contributed by atoms with E-state index in [1.807, 2.05) is 18.2 Å². The van der Waals surface area contributed by atoms with E-state index >= 15 is 0 Å². The summed E-state index contributed by atoms with van der Waals surface area (Å²) in [7, 11) is -0.681. The smallest absolute Gasteiger partial charge is 0.253 e. The van der Waals surface area contributed by atoms with Crippen LogP contribution in [-0.2, 0) is 16.6 Å². The van der Waals surface area contributed by atoms with Gasteiger partial charge in [-0.2, -0.15) is 4.31 Å². The molecule has 30 heavy (non-hydrogen) atoms. The van der Waals surface area contributed by atoms with Gasteiger partial charge in [-0.3, -0.25) is 9.78 Å². The van der Waals surface area contributed by atoms with Crippen molar-refractivity contribution in [2.75, 3.05) is 27.2 Å². The number of benzene rings is 1. The standard InChI is InChI=1S/C22H29N3O4S/c1-16-11-17(2)14-25(13-16)30(27,28)21-12-18(8-9-20(21)29-4)22(26)24(3)15-19-7-5-6-10-23-19/h5-10,12,16-17H,11,13-15H2,1-4H3. The highest BCUT2D eigenvalue weighted by Gasteiger charge is 2.34. The number of aromatic nitrogens is 1. The fourth-order valence-corrected chi connectivity index (χ4v) is 5.84. The van der Waals surface area contributed by atoms with Crippen LogP contribution in [0.2, 0.25) is 0 Å². The number of amides is 1. The second kappa shape index (κ2) is 9.14. The van der Waals surface area contributed by atoms with Gasteiger partial charge in [0, 0.05) is 31.9 Å². The van der Waals surface area contributed by atoms with Gasteiger partial charge in [0.2, 0.25) is 10.0 Å². The van der Waals surface area contributed by atoms with Crippen molar-refractivity contribution in [3.63, 3.8) is 0 Å². The Morgan fingerprint density at radius 1 is 1.20 bits per heavy atom. The molecular weight excluding hydrogens is 402 g/mol. The third kappa shape index (κ3) is 4.82. The zero-order chi connectivity index (χ0) is 21.9. The van der Waals surface area contributed by atoms with E-state index < -0.39 is 10.0 Å². The first-order chi connectivity index (χ1) is 14.2. The van der Waals surface area contributed by atoms with E-state index in [0.717, 1.165) is 12.1 Å². The minimum atomic E-state index is -3.79. The number of pyridine rings is 1. The fraction of sp³-hybridized carbons (Fsp3) is 0.455. The van der Waals surface area contributed by atoms with Crippen molar-refractivity contribution in [2.24, 2.45) is 11.8 Å². The number of sulfonamides is 1. The van der Waals surface area contributed by atoms with Gasteiger partial charge in [0.15, 0.2) is 0 Å². The Morgan fingerprint density at radius 3 is 2.50 bits per heavy atom. The summed E-state index contributed by atoms with van der Waals surface area (Å²) in [6.45, 7) is 5.37. The van der Waals surface area contributed by atoms with Crippen molar-refractivity contribution >= 4 is 15.9 Å². The van der Waals surface area contributed by atoms with Gasteiger partial charge in [0.05, 0.1) is 19.3 Å². The molecule has 1 aromatic heterocycles. The number of ether oxygens (including phenoxy) is 1. The molecule has 1 amide bonds. The summed E-state index contributed by atoms with van der Waals surface area (Å²) in [4.78, 5) is 18.7. The first kappa shape index (κ1) is 22.2. The highest BCUT2D eigenvalue weighted by molar-refractivity contribution is 7.89. The quantitative estimate of drug-likeness (QED) is 0.702. The molecule has 0 aliphatic carbocycles. The van der Waals surface area contributed by atoms with Crippen molar-refractivity contribution < 1.29 is 17.9 Å². The normalized spacial score (nSPS) is 20.0. The third-order valence-electron chi connectivity index (χ3n) is 5.34. The van der Waals surface area contributed by atoms with Crippen molar-refractivity contribution in [1.82, 2.24) is 14.2 Å². The number of hydrogen-bond donors (Lipinski definition) is 0. The predicted molar refractivity (Wildman–Crippen MR) is 115 cm³/mol. The van der Waals surface area contributed by atoms with E-state index in [4.69, 9.17) is 4.74 Å². The van der Waals surface area contributed by atoms with Gasteiger partial charge in [-0.15, -0.1) is 0 Å². The Balaban J connectivity index is 1.90. The summed E-state index contributed by atoms with van der Waals surface area (Å²) in [6, 6.07) is 10.1. The number of carbonyl (C=O) groups excluding carboxylic acids is 1. The number of methoxy groups -OCH3 is 1. The lowest BCUT2D eigenvalue weighted by Crippen LogP contribution is -2.42. The van der Waals surface area contributed by atoms with Crippen LogP contribution in [0.4, 0.5) is 0 Å². The summed E-state index contributed by atoms with van der Waals surface area (Å²) < 4.78 is 33.6. The van der Waals surface area contributed by atoms with E-state index in [9.17, 15) is 13.2 Å². The Bertz CT molecular complexity index is 985. The first-order valence-electron chi connectivity index (χ1n) is 10.1. The van der Waals surface area contributed by atoms with Crippen LogP contribution in [0, 0.1) is 11.8 Å². The Hall–Kier alpha value is -2.45. The van der Waals surface area contributed by atoms with Crippen LogP contribution in [-0.4, -0.2) is 55.8 Å². The largest absolute Gasteiger partial charge is 0.495 e. The van der Waals surface area contributed by atoms with Crippen molar-refractivity contribution in [1.29, 1.82) is 0 Å². The molecule has 2 atom stereocenters. The Labute approximate surface area is 178 Å². The van der Waals surface area contributed by atoms with Gasteiger partial charge >= 0.3 is 0 Å². The number of nitrogens with zero attached hydrogens (tertiary/aromatic N) is 3. The van der Waals surface area contributed by atoms with Crippen LogP contribution in [0.5, 0.6) is 5.75 Å². The second-order valence-electron chi connectivity index (χ2n) is 8.12. The summed E-state index contributed by atoms with van der Waals surface area (Å²) in [5.41, 5.74) is 1.05. The van der Waals surface area contributed by atoms with Crippen LogP contribution in [0.15, 0.2) is 47.5 Å².